The summed E-state index contributed by atoms with van der Waals surface area (Å²) in [5.41, 5.74) is 6.46. The molecule has 1 aromatic heterocycles. The van der Waals surface area contributed by atoms with Crippen LogP contribution in [0.4, 0.5) is 13.2 Å². The van der Waals surface area contributed by atoms with E-state index in [1.807, 2.05) is 0 Å². The number of benzene rings is 1. The standard InChI is InChI=1S/C14H16F3N3/c1-10-11(5-4-8-18)9-19-20(10)13-7-3-2-6-12(13)14(15,16)17/h2-3,6-7,9H,4-5,8,18H2,1H3. The molecule has 1 aromatic carbocycles. The topological polar surface area (TPSA) is 43.8 Å². The monoisotopic (exact) mass is 283 g/mol. The quantitative estimate of drug-likeness (QED) is 0.937. The molecular weight excluding hydrogens is 267 g/mol. The lowest BCUT2D eigenvalue weighted by Crippen LogP contribution is -2.12. The summed E-state index contributed by atoms with van der Waals surface area (Å²) < 4.78 is 40.4. The number of nitrogens with zero attached hydrogens (tertiary/aromatic N) is 2. The number of aryl methyl sites for hydroxylation is 1. The molecule has 0 radical (unpaired) electrons. The van der Waals surface area contributed by atoms with Gasteiger partial charge in [0.1, 0.15) is 0 Å². The van der Waals surface area contributed by atoms with E-state index in [4.69, 9.17) is 5.73 Å². The van der Waals surface area contributed by atoms with Crippen LogP contribution in [0.15, 0.2) is 30.5 Å². The van der Waals surface area contributed by atoms with Crippen LogP contribution in [0.25, 0.3) is 5.69 Å². The molecule has 1 heterocycles. The Bertz CT molecular complexity index is 588. The Hall–Kier alpha value is -1.82. The average Bonchev–Trinajstić information content (AvgIpc) is 2.76. The van der Waals surface area contributed by atoms with Gasteiger partial charge in [0.25, 0.3) is 0 Å². The molecule has 2 rings (SSSR count). The zero-order chi connectivity index (χ0) is 14.8. The van der Waals surface area contributed by atoms with Crippen molar-refractivity contribution in [2.75, 3.05) is 6.54 Å². The second-order valence-electron chi connectivity index (χ2n) is 4.57. The minimum Gasteiger partial charge on any atom is -0.330 e. The number of rotatable bonds is 4. The Kier molecular flexibility index (Phi) is 4.13. The minimum atomic E-state index is -4.40. The summed E-state index contributed by atoms with van der Waals surface area (Å²) in [4.78, 5) is 0. The van der Waals surface area contributed by atoms with Gasteiger partial charge in [-0.15, -0.1) is 0 Å². The SMILES string of the molecule is Cc1c(CCCN)cnn1-c1ccccc1C(F)(F)F. The van der Waals surface area contributed by atoms with Gasteiger partial charge in [-0.25, -0.2) is 4.68 Å². The smallest absolute Gasteiger partial charge is 0.330 e. The number of hydrogen-bond acceptors (Lipinski definition) is 2. The fourth-order valence-electron chi connectivity index (χ4n) is 2.12. The first-order valence-corrected chi connectivity index (χ1v) is 6.35. The number of aromatic nitrogens is 2. The second kappa shape index (κ2) is 5.66. The molecule has 3 nitrogen and oxygen atoms in total. The van der Waals surface area contributed by atoms with E-state index in [9.17, 15) is 13.2 Å². The Balaban J connectivity index is 2.45. The molecule has 0 aliphatic carbocycles. The molecule has 0 aliphatic heterocycles. The zero-order valence-corrected chi connectivity index (χ0v) is 11.1. The number of hydrogen-bond donors (Lipinski definition) is 1. The highest BCUT2D eigenvalue weighted by Crippen LogP contribution is 2.34. The highest BCUT2D eigenvalue weighted by molar-refractivity contribution is 5.44. The van der Waals surface area contributed by atoms with Crippen LogP contribution in [0.2, 0.25) is 0 Å². The summed E-state index contributed by atoms with van der Waals surface area (Å²) >= 11 is 0. The van der Waals surface area contributed by atoms with Crippen LogP contribution in [-0.4, -0.2) is 16.3 Å². The van der Waals surface area contributed by atoms with E-state index in [0.29, 0.717) is 6.54 Å². The fourth-order valence-corrected chi connectivity index (χ4v) is 2.12. The summed E-state index contributed by atoms with van der Waals surface area (Å²) in [6, 6.07) is 5.44. The van der Waals surface area contributed by atoms with Gasteiger partial charge in [-0.3, -0.25) is 0 Å². The summed E-state index contributed by atoms with van der Waals surface area (Å²) in [5.74, 6) is 0. The predicted octanol–water partition coefficient (Wildman–Crippen LogP) is 3.09. The van der Waals surface area contributed by atoms with Crippen molar-refractivity contribution in [3.05, 3.63) is 47.3 Å². The van der Waals surface area contributed by atoms with Gasteiger partial charge in [-0.2, -0.15) is 18.3 Å². The van der Waals surface area contributed by atoms with Crippen molar-refractivity contribution in [2.45, 2.75) is 25.9 Å². The van der Waals surface area contributed by atoms with Crippen molar-refractivity contribution in [1.82, 2.24) is 9.78 Å². The molecule has 0 bridgehead atoms. The molecule has 2 N–H and O–H groups in total. The Morgan fingerprint density at radius 2 is 1.95 bits per heavy atom. The van der Waals surface area contributed by atoms with E-state index in [1.165, 1.54) is 16.8 Å². The molecule has 0 amide bonds. The Morgan fingerprint density at radius 1 is 1.25 bits per heavy atom. The van der Waals surface area contributed by atoms with Crippen molar-refractivity contribution < 1.29 is 13.2 Å². The highest BCUT2D eigenvalue weighted by Gasteiger charge is 2.34. The first kappa shape index (κ1) is 14.6. The van der Waals surface area contributed by atoms with Crippen LogP contribution < -0.4 is 5.73 Å². The number of para-hydroxylation sites is 1. The van der Waals surface area contributed by atoms with Gasteiger partial charge in [0.05, 0.1) is 17.4 Å². The molecule has 20 heavy (non-hydrogen) atoms. The maximum atomic E-state index is 13.0. The zero-order valence-electron chi connectivity index (χ0n) is 11.1. The van der Waals surface area contributed by atoms with Crippen LogP contribution >= 0.6 is 0 Å². The van der Waals surface area contributed by atoms with E-state index < -0.39 is 11.7 Å². The largest absolute Gasteiger partial charge is 0.418 e. The van der Waals surface area contributed by atoms with Crippen LogP contribution in [0.3, 0.4) is 0 Å². The third-order valence-corrected chi connectivity index (χ3v) is 3.20. The van der Waals surface area contributed by atoms with E-state index in [0.717, 1.165) is 30.2 Å². The lowest BCUT2D eigenvalue weighted by Gasteiger charge is -2.14. The molecule has 2 aromatic rings. The lowest BCUT2D eigenvalue weighted by molar-refractivity contribution is -0.137. The van der Waals surface area contributed by atoms with E-state index in [2.05, 4.69) is 5.10 Å². The minimum absolute atomic E-state index is 0.0523. The average molecular weight is 283 g/mol. The Morgan fingerprint density at radius 3 is 2.60 bits per heavy atom. The molecular formula is C14H16F3N3. The molecule has 0 fully saturated rings. The van der Waals surface area contributed by atoms with Crippen LogP contribution in [0.1, 0.15) is 23.2 Å². The van der Waals surface area contributed by atoms with Gasteiger partial charge < -0.3 is 5.73 Å². The van der Waals surface area contributed by atoms with Crippen LogP contribution in [-0.2, 0) is 12.6 Å². The van der Waals surface area contributed by atoms with Crippen molar-refractivity contribution >= 4 is 0 Å². The van der Waals surface area contributed by atoms with Gasteiger partial charge >= 0.3 is 6.18 Å². The summed E-state index contributed by atoms with van der Waals surface area (Å²) in [5, 5.41) is 4.09. The van der Waals surface area contributed by atoms with Crippen molar-refractivity contribution in [2.24, 2.45) is 5.73 Å². The first-order chi connectivity index (χ1) is 9.45. The first-order valence-electron chi connectivity index (χ1n) is 6.35. The fraction of sp³-hybridized carbons (Fsp3) is 0.357. The third-order valence-electron chi connectivity index (χ3n) is 3.20. The molecule has 6 heteroatoms. The van der Waals surface area contributed by atoms with Gasteiger partial charge in [0, 0.05) is 5.69 Å². The normalized spacial score (nSPS) is 11.8. The lowest BCUT2D eigenvalue weighted by atomic mass is 10.1. The van der Waals surface area contributed by atoms with Gasteiger partial charge in [-0.1, -0.05) is 12.1 Å². The van der Waals surface area contributed by atoms with Gasteiger partial charge in [0.15, 0.2) is 0 Å². The van der Waals surface area contributed by atoms with Crippen LogP contribution in [0, 0.1) is 6.92 Å². The van der Waals surface area contributed by atoms with Crippen LogP contribution in [0.5, 0.6) is 0 Å². The van der Waals surface area contributed by atoms with Crippen molar-refractivity contribution in [3.63, 3.8) is 0 Å². The molecule has 0 unspecified atom stereocenters. The third kappa shape index (κ3) is 2.85. The maximum absolute atomic E-state index is 13.0. The molecule has 0 saturated carbocycles. The number of halogens is 3. The number of alkyl halides is 3. The highest BCUT2D eigenvalue weighted by atomic mass is 19.4. The summed E-state index contributed by atoms with van der Waals surface area (Å²) in [6.07, 6.45) is -1.28. The van der Waals surface area contributed by atoms with E-state index in [-0.39, 0.29) is 5.69 Å². The molecule has 0 aliphatic rings. The molecule has 108 valence electrons. The van der Waals surface area contributed by atoms with E-state index >= 15 is 0 Å². The summed E-state index contributed by atoms with van der Waals surface area (Å²) in [7, 11) is 0. The predicted molar refractivity (Wildman–Crippen MR) is 70.7 cm³/mol. The number of nitrogens with two attached hydrogens (primary N) is 1. The van der Waals surface area contributed by atoms with E-state index in [1.54, 1.807) is 19.2 Å². The molecule has 0 spiro atoms. The molecule has 0 saturated heterocycles. The van der Waals surface area contributed by atoms with Crippen molar-refractivity contribution in [3.8, 4) is 5.69 Å². The Labute approximate surface area is 115 Å². The van der Waals surface area contributed by atoms with Crippen molar-refractivity contribution in [1.29, 1.82) is 0 Å². The molecule has 0 atom stereocenters. The second-order valence-corrected chi connectivity index (χ2v) is 4.57. The summed E-state index contributed by atoms with van der Waals surface area (Å²) in [6.45, 7) is 2.32. The van der Waals surface area contributed by atoms with Gasteiger partial charge in [0.2, 0.25) is 0 Å². The maximum Gasteiger partial charge on any atom is 0.418 e. The van der Waals surface area contributed by atoms with Gasteiger partial charge in [-0.05, 0) is 44.0 Å².